The van der Waals surface area contributed by atoms with Crippen molar-refractivity contribution in [1.29, 1.82) is 0 Å². The molecule has 0 amide bonds. The van der Waals surface area contributed by atoms with E-state index in [1.807, 2.05) is 12.1 Å². The van der Waals surface area contributed by atoms with Crippen LogP contribution in [0.25, 0.3) is 10.9 Å². The third-order valence-electron chi connectivity index (χ3n) is 10.2. The number of aromatic nitrogens is 1. The van der Waals surface area contributed by atoms with Crippen LogP contribution in [-0.4, -0.2) is 107 Å². The van der Waals surface area contributed by atoms with Crippen molar-refractivity contribution in [3.8, 4) is 23.0 Å². The van der Waals surface area contributed by atoms with E-state index < -0.39 is 30.1 Å². The minimum Gasteiger partial charge on any atom is -0.497 e. The summed E-state index contributed by atoms with van der Waals surface area (Å²) in [6, 6.07) is 9.40. The van der Waals surface area contributed by atoms with Gasteiger partial charge in [-0.2, -0.15) is 0 Å². The summed E-state index contributed by atoms with van der Waals surface area (Å²) in [5.74, 6) is -0.934. The molecular weight excluding hydrogens is 664 g/mol. The number of hydrogen-bond acceptors (Lipinski definition) is 12. The SMILES string of the molecule is CC(=O)CC(=O)O.COC(=O)[C@H]1[C@H]2C[C@@H]3c4[nH]c5cc(OC)ccc5c4CCN3C[C@H]2C[C@@H](OC(=O)c2cc(OC)c(OC)c(OC)c2)[C@@H]1OC. The van der Waals surface area contributed by atoms with Gasteiger partial charge in [0.25, 0.3) is 0 Å². The topological polar surface area (TPSA) is 172 Å². The summed E-state index contributed by atoms with van der Waals surface area (Å²) in [5.41, 5.74) is 3.83. The fourth-order valence-corrected chi connectivity index (χ4v) is 7.97. The number of rotatable bonds is 10. The van der Waals surface area contributed by atoms with Gasteiger partial charge in [0, 0.05) is 42.9 Å². The second-order valence-electron chi connectivity index (χ2n) is 13.0. The third-order valence-corrected chi connectivity index (χ3v) is 10.2. The van der Waals surface area contributed by atoms with Gasteiger partial charge in [0.1, 0.15) is 30.2 Å². The largest absolute Gasteiger partial charge is 0.497 e. The van der Waals surface area contributed by atoms with E-state index in [1.54, 1.807) is 26.4 Å². The Morgan fingerprint density at radius 1 is 0.922 bits per heavy atom. The van der Waals surface area contributed by atoms with Gasteiger partial charge in [-0.1, -0.05) is 0 Å². The Balaban J connectivity index is 0.000000654. The summed E-state index contributed by atoms with van der Waals surface area (Å²) in [7, 11) is 9.10. The highest BCUT2D eigenvalue weighted by atomic mass is 16.6. The number of nitrogens with one attached hydrogen (secondary N) is 1. The van der Waals surface area contributed by atoms with E-state index >= 15 is 0 Å². The summed E-state index contributed by atoms with van der Waals surface area (Å²) in [4.78, 5) is 52.6. The zero-order valence-electron chi connectivity index (χ0n) is 30.0. The minimum atomic E-state index is -1.06. The Labute approximate surface area is 296 Å². The highest BCUT2D eigenvalue weighted by Gasteiger charge is 2.54. The lowest BCUT2D eigenvalue weighted by atomic mass is 9.63. The number of ketones is 1. The summed E-state index contributed by atoms with van der Waals surface area (Å²) in [6.45, 7) is 2.93. The van der Waals surface area contributed by atoms with Crippen LogP contribution in [0.3, 0.4) is 0 Å². The number of fused-ring (bicyclic) bond motifs is 6. The molecule has 0 bridgehead atoms. The Bertz CT molecular complexity index is 1730. The molecule has 1 saturated carbocycles. The number of carboxylic acid groups (broad SMARTS) is 1. The number of piperidine rings is 1. The van der Waals surface area contributed by atoms with Gasteiger partial charge in [-0.15, -0.1) is 0 Å². The van der Waals surface area contributed by atoms with Crippen molar-refractivity contribution in [2.24, 2.45) is 17.8 Å². The van der Waals surface area contributed by atoms with Gasteiger partial charge < -0.3 is 43.2 Å². The van der Waals surface area contributed by atoms with E-state index in [9.17, 15) is 19.2 Å². The van der Waals surface area contributed by atoms with E-state index in [2.05, 4.69) is 16.0 Å². The summed E-state index contributed by atoms with van der Waals surface area (Å²) < 4.78 is 39.1. The van der Waals surface area contributed by atoms with Crippen LogP contribution < -0.4 is 18.9 Å². The Morgan fingerprint density at radius 2 is 1.63 bits per heavy atom. The zero-order chi connectivity index (χ0) is 37.0. The lowest BCUT2D eigenvalue weighted by Gasteiger charge is -2.52. The normalized spacial score (nSPS) is 23.7. The molecule has 1 aliphatic carbocycles. The average Bonchev–Trinajstić information content (AvgIpc) is 3.50. The Kier molecular flexibility index (Phi) is 11.8. The molecule has 14 nitrogen and oxygen atoms in total. The number of nitrogens with zero attached hydrogens (tertiary/aromatic N) is 1. The van der Waals surface area contributed by atoms with Crippen LogP contribution in [0.4, 0.5) is 0 Å². The molecule has 2 N–H and O–H groups in total. The molecule has 276 valence electrons. The monoisotopic (exact) mass is 710 g/mol. The van der Waals surface area contributed by atoms with Gasteiger partial charge in [-0.05, 0) is 67.9 Å². The number of aromatic amines is 1. The fourth-order valence-electron chi connectivity index (χ4n) is 7.97. The summed E-state index contributed by atoms with van der Waals surface area (Å²) in [5, 5.41) is 9.08. The van der Waals surface area contributed by atoms with Crippen molar-refractivity contribution in [3.63, 3.8) is 0 Å². The van der Waals surface area contributed by atoms with E-state index in [0.717, 1.165) is 37.2 Å². The van der Waals surface area contributed by atoms with Crippen LogP contribution in [0.2, 0.25) is 0 Å². The van der Waals surface area contributed by atoms with Crippen molar-refractivity contribution in [1.82, 2.24) is 9.88 Å². The van der Waals surface area contributed by atoms with Gasteiger partial charge in [0.2, 0.25) is 5.75 Å². The predicted octanol–water partition coefficient (Wildman–Crippen LogP) is 4.22. The lowest BCUT2D eigenvalue weighted by molar-refractivity contribution is -0.176. The second kappa shape index (κ2) is 16.0. The maximum atomic E-state index is 13.5. The van der Waals surface area contributed by atoms with Gasteiger partial charge in [-0.3, -0.25) is 19.3 Å². The molecule has 6 atom stereocenters. The van der Waals surface area contributed by atoms with Crippen molar-refractivity contribution in [3.05, 3.63) is 47.2 Å². The molecule has 2 fully saturated rings. The van der Waals surface area contributed by atoms with Gasteiger partial charge in [0.05, 0.1) is 53.1 Å². The molecule has 3 heterocycles. The van der Waals surface area contributed by atoms with Gasteiger partial charge >= 0.3 is 17.9 Å². The molecule has 0 spiro atoms. The molecule has 0 radical (unpaired) electrons. The molecule has 51 heavy (non-hydrogen) atoms. The second-order valence-corrected chi connectivity index (χ2v) is 13.0. The van der Waals surface area contributed by atoms with E-state index in [1.165, 1.54) is 52.0 Å². The van der Waals surface area contributed by atoms with Crippen molar-refractivity contribution >= 4 is 34.6 Å². The van der Waals surface area contributed by atoms with Crippen LogP contribution in [0.1, 0.15) is 53.8 Å². The zero-order valence-corrected chi connectivity index (χ0v) is 30.0. The highest BCUT2D eigenvalue weighted by molar-refractivity contribution is 5.93. The lowest BCUT2D eigenvalue weighted by Crippen LogP contribution is -2.58. The van der Waals surface area contributed by atoms with E-state index in [-0.39, 0.29) is 41.6 Å². The first-order chi connectivity index (χ1) is 24.5. The molecule has 2 aliphatic heterocycles. The number of carbonyl (C=O) groups is 4. The first-order valence-corrected chi connectivity index (χ1v) is 16.7. The van der Waals surface area contributed by atoms with E-state index in [4.69, 9.17) is 38.3 Å². The number of Topliss-reactive ketones (excluding diaryl/α,β-unsaturated/α-hetero) is 1. The van der Waals surface area contributed by atoms with Gasteiger partial charge in [0.15, 0.2) is 11.5 Å². The Morgan fingerprint density at radius 3 is 2.18 bits per heavy atom. The first kappa shape index (κ1) is 37.4. The number of aliphatic carboxylic acids is 1. The number of esters is 2. The number of hydrogen-bond donors (Lipinski definition) is 2. The molecule has 3 aliphatic rings. The fraction of sp³-hybridized carbons (Fsp3) is 0.514. The number of ether oxygens (including phenoxy) is 7. The highest BCUT2D eigenvalue weighted by Crippen LogP contribution is 2.51. The van der Waals surface area contributed by atoms with Crippen LogP contribution in [0.5, 0.6) is 23.0 Å². The van der Waals surface area contributed by atoms with Crippen molar-refractivity contribution in [2.45, 2.75) is 50.9 Å². The molecule has 1 aromatic heterocycles. The van der Waals surface area contributed by atoms with Gasteiger partial charge in [-0.25, -0.2) is 4.79 Å². The predicted molar refractivity (Wildman–Crippen MR) is 184 cm³/mol. The summed E-state index contributed by atoms with van der Waals surface area (Å²) >= 11 is 0. The number of methoxy groups -OCH3 is 6. The minimum absolute atomic E-state index is 0.0170. The molecule has 14 heteroatoms. The number of H-pyrrole nitrogens is 1. The molecule has 1 saturated heterocycles. The third kappa shape index (κ3) is 7.61. The van der Waals surface area contributed by atoms with Crippen LogP contribution in [-0.2, 0) is 35.0 Å². The van der Waals surface area contributed by atoms with Crippen LogP contribution in [0.15, 0.2) is 30.3 Å². The van der Waals surface area contributed by atoms with Crippen LogP contribution in [0, 0.1) is 17.8 Å². The molecular formula is C37H46N2O12. The molecule has 3 aromatic rings. The maximum Gasteiger partial charge on any atom is 0.338 e. The standard InChI is InChI=1S/C33H40N2O9.C4H6O3/c1-38-19-7-8-20-21-9-10-35-16-18-13-27(44-32(36)17-11-25(39-2)30(41-4)26(12-17)40-3)31(42-5)28(33(37)43-6)22(18)15-24(35)29(21)34-23(20)14-19;1-3(5)2-4(6)7/h7-8,11-12,14,18,22,24,27-28,31,34H,9-10,13,15-16H2,1-6H3;2H2,1H3,(H,6,7)/t18-,22+,24-,27-,28+,31+;/m1./s1. The van der Waals surface area contributed by atoms with E-state index in [0.29, 0.717) is 23.7 Å². The smallest absolute Gasteiger partial charge is 0.338 e. The average molecular weight is 711 g/mol. The molecule has 0 unspecified atom stereocenters. The maximum absolute atomic E-state index is 13.5. The van der Waals surface area contributed by atoms with Crippen molar-refractivity contribution < 1.29 is 57.4 Å². The van der Waals surface area contributed by atoms with Crippen LogP contribution >= 0.6 is 0 Å². The molecule has 2 aromatic carbocycles. The number of benzene rings is 2. The number of carboxylic acids is 1. The number of carbonyl (C=O) groups excluding carboxylic acids is 3. The quantitative estimate of drug-likeness (QED) is 0.227. The summed E-state index contributed by atoms with van der Waals surface area (Å²) in [6.07, 6.45) is 0.559. The van der Waals surface area contributed by atoms with Crippen molar-refractivity contribution in [2.75, 3.05) is 55.7 Å². The Hall–Kier alpha value is -4.82. The molecule has 6 rings (SSSR count). The first-order valence-electron chi connectivity index (χ1n) is 16.7.